The monoisotopic (exact) mass is 305 g/mol. The number of carbonyl (C=O) groups is 1. The predicted octanol–water partition coefficient (Wildman–Crippen LogP) is 1.62. The van der Waals surface area contributed by atoms with Crippen LogP contribution in [0, 0.1) is 11.6 Å². The van der Waals surface area contributed by atoms with E-state index in [1.807, 2.05) is 11.8 Å². The molecular weight excluding hydrogens is 288 g/mol. The molecule has 0 bridgehead atoms. The van der Waals surface area contributed by atoms with Crippen molar-refractivity contribution < 1.29 is 13.6 Å². The first-order valence-corrected chi connectivity index (χ1v) is 6.25. The van der Waals surface area contributed by atoms with Crippen LogP contribution < -0.4 is 10.6 Å². The van der Waals surface area contributed by atoms with E-state index in [9.17, 15) is 13.6 Å². The van der Waals surface area contributed by atoms with Crippen LogP contribution in [0.4, 0.5) is 14.5 Å². The van der Waals surface area contributed by atoms with Crippen molar-refractivity contribution in [2.75, 3.05) is 31.5 Å². The molecule has 1 heterocycles. The number of halogens is 3. The third-order valence-corrected chi connectivity index (χ3v) is 3.03. The molecule has 1 aliphatic rings. The second kappa shape index (κ2) is 7.52. The molecule has 4 nitrogen and oxygen atoms in total. The zero-order valence-corrected chi connectivity index (χ0v) is 12.0. The average Bonchev–Trinajstić information content (AvgIpc) is 2.33. The van der Waals surface area contributed by atoms with Gasteiger partial charge in [0.2, 0.25) is 5.91 Å². The van der Waals surface area contributed by atoms with Crippen LogP contribution >= 0.6 is 12.4 Å². The molecule has 1 unspecified atom stereocenters. The van der Waals surface area contributed by atoms with Crippen LogP contribution in [0.5, 0.6) is 0 Å². The lowest BCUT2D eigenvalue weighted by Crippen LogP contribution is -2.51. The highest BCUT2D eigenvalue weighted by molar-refractivity contribution is 5.92. The van der Waals surface area contributed by atoms with E-state index in [1.165, 1.54) is 6.07 Å². The Morgan fingerprint density at radius 3 is 2.90 bits per heavy atom. The number of nitrogens with zero attached hydrogens (tertiary/aromatic N) is 1. The molecule has 1 aromatic carbocycles. The van der Waals surface area contributed by atoms with Gasteiger partial charge in [-0.2, -0.15) is 0 Å². The maximum atomic E-state index is 13.4. The maximum Gasteiger partial charge on any atom is 0.238 e. The van der Waals surface area contributed by atoms with Crippen LogP contribution in [0.2, 0.25) is 0 Å². The van der Waals surface area contributed by atoms with Crippen molar-refractivity contribution in [1.82, 2.24) is 10.2 Å². The van der Waals surface area contributed by atoms with E-state index in [-0.39, 0.29) is 30.5 Å². The molecule has 0 aliphatic carbocycles. The summed E-state index contributed by atoms with van der Waals surface area (Å²) in [6.07, 6.45) is 0. The van der Waals surface area contributed by atoms with Crippen molar-refractivity contribution in [2.24, 2.45) is 0 Å². The third kappa shape index (κ3) is 4.70. The Morgan fingerprint density at radius 1 is 1.50 bits per heavy atom. The van der Waals surface area contributed by atoms with E-state index < -0.39 is 11.6 Å². The normalized spacial score (nSPS) is 19.2. The fraction of sp³-hybridized carbons (Fsp3) is 0.462. The van der Waals surface area contributed by atoms with Gasteiger partial charge in [-0.3, -0.25) is 9.69 Å². The van der Waals surface area contributed by atoms with Gasteiger partial charge in [-0.05, 0) is 19.1 Å². The summed E-state index contributed by atoms with van der Waals surface area (Å²) in [6, 6.07) is 3.43. The molecule has 1 amide bonds. The Balaban J connectivity index is 0.00000200. The molecule has 0 aromatic heterocycles. The molecule has 7 heteroatoms. The number of hydrogen-bond acceptors (Lipinski definition) is 3. The SMILES string of the molecule is CC1CN(CC(=O)Nc2ccc(F)cc2F)CCN1.Cl. The first-order chi connectivity index (χ1) is 9.04. The second-order valence-corrected chi connectivity index (χ2v) is 4.76. The molecular formula is C13H18ClF2N3O. The highest BCUT2D eigenvalue weighted by Crippen LogP contribution is 2.14. The van der Waals surface area contributed by atoms with Crippen molar-refractivity contribution >= 4 is 24.0 Å². The lowest BCUT2D eigenvalue weighted by atomic mass is 10.2. The number of rotatable bonds is 3. The summed E-state index contributed by atoms with van der Waals surface area (Å²) >= 11 is 0. The summed E-state index contributed by atoms with van der Waals surface area (Å²) in [5, 5.41) is 5.73. The van der Waals surface area contributed by atoms with Crippen molar-refractivity contribution in [3.8, 4) is 0 Å². The van der Waals surface area contributed by atoms with E-state index in [0.29, 0.717) is 6.04 Å². The van der Waals surface area contributed by atoms with Crippen molar-refractivity contribution in [3.05, 3.63) is 29.8 Å². The van der Waals surface area contributed by atoms with Gasteiger partial charge in [0.05, 0.1) is 12.2 Å². The van der Waals surface area contributed by atoms with Crippen LogP contribution in [0.25, 0.3) is 0 Å². The van der Waals surface area contributed by atoms with Gasteiger partial charge in [0, 0.05) is 31.7 Å². The second-order valence-electron chi connectivity index (χ2n) is 4.76. The summed E-state index contributed by atoms with van der Waals surface area (Å²) in [5.41, 5.74) is 0.00887. The van der Waals surface area contributed by atoms with Gasteiger partial charge < -0.3 is 10.6 Å². The smallest absolute Gasteiger partial charge is 0.238 e. The molecule has 0 spiro atoms. The van der Waals surface area contributed by atoms with Crippen molar-refractivity contribution in [1.29, 1.82) is 0 Å². The van der Waals surface area contributed by atoms with E-state index in [1.54, 1.807) is 0 Å². The van der Waals surface area contributed by atoms with Crippen LogP contribution in [-0.2, 0) is 4.79 Å². The average molecular weight is 306 g/mol. The van der Waals surface area contributed by atoms with Crippen LogP contribution in [0.15, 0.2) is 18.2 Å². The van der Waals surface area contributed by atoms with Gasteiger partial charge >= 0.3 is 0 Å². The topological polar surface area (TPSA) is 44.4 Å². The number of carbonyl (C=O) groups excluding carboxylic acids is 1. The number of piperazine rings is 1. The molecule has 1 saturated heterocycles. The minimum atomic E-state index is -0.762. The molecule has 20 heavy (non-hydrogen) atoms. The number of anilines is 1. The summed E-state index contributed by atoms with van der Waals surface area (Å²) in [7, 11) is 0. The van der Waals surface area contributed by atoms with Gasteiger partial charge in [-0.15, -0.1) is 12.4 Å². The summed E-state index contributed by atoms with van der Waals surface area (Å²) in [5.74, 6) is -1.71. The molecule has 2 rings (SSSR count). The molecule has 0 radical (unpaired) electrons. The summed E-state index contributed by atoms with van der Waals surface area (Å²) in [4.78, 5) is 13.8. The minimum Gasteiger partial charge on any atom is -0.322 e. The number of benzene rings is 1. The third-order valence-electron chi connectivity index (χ3n) is 3.03. The number of hydrogen-bond donors (Lipinski definition) is 2. The van der Waals surface area contributed by atoms with Gasteiger partial charge in [0.25, 0.3) is 0 Å². The highest BCUT2D eigenvalue weighted by Gasteiger charge is 2.18. The van der Waals surface area contributed by atoms with E-state index >= 15 is 0 Å². The van der Waals surface area contributed by atoms with Crippen LogP contribution in [-0.4, -0.2) is 43.0 Å². The quantitative estimate of drug-likeness (QED) is 0.892. The Hall–Kier alpha value is -1.24. The Labute approximate surface area is 122 Å². The molecule has 1 aliphatic heterocycles. The van der Waals surface area contributed by atoms with Gasteiger partial charge in [-0.25, -0.2) is 8.78 Å². The molecule has 2 N–H and O–H groups in total. The van der Waals surface area contributed by atoms with Gasteiger partial charge in [0.1, 0.15) is 11.6 Å². The standard InChI is InChI=1S/C13H17F2N3O.ClH/c1-9-7-18(5-4-16-9)8-13(19)17-12-3-2-10(14)6-11(12)15;/h2-3,6,9,16H,4-5,7-8H2,1H3,(H,17,19);1H. The van der Waals surface area contributed by atoms with Crippen LogP contribution in [0.3, 0.4) is 0 Å². The lowest BCUT2D eigenvalue weighted by Gasteiger charge is -2.31. The number of amides is 1. The zero-order chi connectivity index (χ0) is 13.8. The summed E-state index contributed by atoms with van der Waals surface area (Å²) < 4.78 is 26.1. The van der Waals surface area contributed by atoms with Gasteiger partial charge in [0.15, 0.2) is 0 Å². The summed E-state index contributed by atoms with van der Waals surface area (Å²) in [6.45, 7) is 4.65. The first kappa shape index (κ1) is 16.8. The molecule has 1 fully saturated rings. The lowest BCUT2D eigenvalue weighted by molar-refractivity contribution is -0.117. The van der Waals surface area contributed by atoms with Crippen LogP contribution in [0.1, 0.15) is 6.92 Å². The molecule has 1 atom stereocenters. The Kier molecular flexibility index (Phi) is 6.32. The van der Waals surface area contributed by atoms with Crippen molar-refractivity contribution in [3.63, 3.8) is 0 Å². The first-order valence-electron chi connectivity index (χ1n) is 6.25. The minimum absolute atomic E-state index is 0. The predicted molar refractivity (Wildman–Crippen MR) is 76.1 cm³/mol. The van der Waals surface area contributed by atoms with Gasteiger partial charge in [-0.1, -0.05) is 0 Å². The Morgan fingerprint density at radius 2 is 2.25 bits per heavy atom. The fourth-order valence-corrected chi connectivity index (χ4v) is 2.14. The maximum absolute atomic E-state index is 13.4. The molecule has 0 saturated carbocycles. The fourth-order valence-electron chi connectivity index (χ4n) is 2.14. The molecule has 1 aromatic rings. The number of nitrogens with one attached hydrogen (secondary N) is 2. The van der Waals surface area contributed by atoms with E-state index in [0.717, 1.165) is 31.8 Å². The zero-order valence-electron chi connectivity index (χ0n) is 11.2. The van der Waals surface area contributed by atoms with E-state index in [4.69, 9.17) is 0 Å². The highest BCUT2D eigenvalue weighted by atomic mass is 35.5. The van der Waals surface area contributed by atoms with E-state index in [2.05, 4.69) is 10.6 Å². The molecule has 112 valence electrons. The largest absolute Gasteiger partial charge is 0.322 e. The van der Waals surface area contributed by atoms with Crippen molar-refractivity contribution in [2.45, 2.75) is 13.0 Å². The Bertz CT molecular complexity index is 473.